The van der Waals surface area contributed by atoms with Crippen molar-refractivity contribution in [2.24, 2.45) is 11.3 Å². The van der Waals surface area contributed by atoms with Crippen LogP contribution in [0.2, 0.25) is 0 Å². The van der Waals surface area contributed by atoms with E-state index in [4.69, 9.17) is 0 Å². The topological polar surface area (TPSA) is 12.0 Å². The summed E-state index contributed by atoms with van der Waals surface area (Å²) < 4.78 is 0. The Hall–Kier alpha value is -0.820. The predicted octanol–water partition coefficient (Wildman–Crippen LogP) is 3.77. The van der Waals surface area contributed by atoms with Crippen LogP contribution in [-0.4, -0.2) is 6.54 Å². The number of benzene rings is 1. The first kappa shape index (κ1) is 13.2. The SMILES string of the molecule is Cc1cccc(CNCC(C)(C)C(C)C)c1. The highest BCUT2D eigenvalue weighted by molar-refractivity contribution is 5.21. The molecule has 90 valence electrons. The van der Waals surface area contributed by atoms with E-state index >= 15 is 0 Å². The largest absolute Gasteiger partial charge is 0.312 e. The first-order valence-electron chi connectivity index (χ1n) is 6.18. The molecule has 0 unspecified atom stereocenters. The van der Waals surface area contributed by atoms with Crippen LogP contribution < -0.4 is 5.32 Å². The lowest BCUT2D eigenvalue weighted by molar-refractivity contribution is 0.238. The molecule has 1 aromatic carbocycles. The minimum atomic E-state index is 0.365. The molecule has 0 aromatic heterocycles. The quantitative estimate of drug-likeness (QED) is 0.795. The highest BCUT2D eigenvalue weighted by Gasteiger charge is 2.21. The molecule has 0 radical (unpaired) electrons. The molecule has 1 aromatic rings. The number of rotatable bonds is 5. The van der Waals surface area contributed by atoms with E-state index in [1.807, 2.05) is 0 Å². The fourth-order valence-corrected chi connectivity index (χ4v) is 1.56. The van der Waals surface area contributed by atoms with Crippen molar-refractivity contribution in [2.45, 2.75) is 41.2 Å². The van der Waals surface area contributed by atoms with Crippen molar-refractivity contribution in [3.63, 3.8) is 0 Å². The van der Waals surface area contributed by atoms with Crippen LogP contribution >= 0.6 is 0 Å². The van der Waals surface area contributed by atoms with Crippen molar-refractivity contribution in [1.82, 2.24) is 5.32 Å². The molecule has 0 aliphatic carbocycles. The number of aryl methyl sites for hydroxylation is 1. The van der Waals surface area contributed by atoms with Gasteiger partial charge in [-0.3, -0.25) is 0 Å². The lowest BCUT2D eigenvalue weighted by Gasteiger charge is -2.29. The number of hydrogen-bond donors (Lipinski definition) is 1. The first-order chi connectivity index (χ1) is 7.42. The number of hydrogen-bond acceptors (Lipinski definition) is 1. The summed E-state index contributed by atoms with van der Waals surface area (Å²) in [7, 11) is 0. The van der Waals surface area contributed by atoms with Crippen molar-refractivity contribution in [1.29, 1.82) is 0 Å². The van der Waals surface area contributed by atoms with Crippen LogP contribution in [0, 0.1) is 18.3 Å². The molecule has 0 fully saturated rings. The molecule has 16 heavy (non-hydrogen) atoms. The maximum Gasteiger partial charge on any atom is 0.0205 e. The van der Waals surface area contributed by atoms with Gasteiger partial charge in [-0.25, -0.2) is 0 Å². The third kappa shape index (κ3) is 3.97. The summed E-state index contributed by atoms with van der Waals surface area (Å²) in [5.74, 6) is 0.706. The van der Waals surface area contributed by atoms with E-state index in [2.05, 4.69) is 64.2 Å². The molecule has 0 atom stereocenters. The molecule has 0 spiro atoms. The van der Waals surface area contributed by atoms with Crippen LogP contribution in [0.3, 0.4) is 0 Å². The van der Waals surface area contributed by atoms with Crippen molar-refractivity contribution in [3.05, 3.63) is 35.4 Å². The fraction of sp³-hybridized carbons (Fsp3) is 0.600. The van der Waals surface area contributed by atoms with Gasteiger partial charge in [-0.2, -0.15) is 0 Å². The fourth-order valence-electron chi connectivity index (χ4n) is 1.56. The van der Waals surface area contributed by atoms with Crippen LogP contribution in [0.25, 0.3) is 0 Å². The Balaban J connectivity index is 2.42. The lowest BCUT2D eigenvalue weighted by Crippen LogP contribution is -2.33. The lowest BCUT2D eigenvalue weighted by atomic mass is 9.81. The van der Waals surface area contributed by atoms with Crippen LogP contribution in [-0.2, 0) is 6.54 Å². The summed E-state index contributed by atoms with van der Waals surface area (Å²) in [5, 5.41) is 3.55. The van der Waals surface area contributed by atoms with Gasteiger partial charge in [0, 0.05) is 13.1 Å². The second-order valence-electron chi connectivity index (χ2n) is 5.74. The number of nitrogens with one attached hydrogen (secondary N) is 1. The average Bonchev–Trinajstić information content (AvgIpc) is 2.17. The second-order valence-corrected chi connectivity index (χ2v) is 5.74. The standard InChI is InChI=1S/C15H25N/c1-12(2)15(4,5)11-16-10-14-8-6-7-13(3)9-14/h6-9,12,16H,10-11H2,1-5H3. The molecule has 1 N–H and O–H groups in total. The highest BCUT2D eigenvalue weighted by Crippen LogP contribution is 2.24. The van der Waals surface area contributed by atoms with E-state index in [0.717, 1.165) is 13.1 Å². The van der Waals surface area contributed by atoms with E-state index in [1.54, 1.807) is 0 Å². The van der Waals surface area contributed by atoms with Gasteiger partial charge in [0.2, 0.25) is 0 Å². The van der Waals surface area contributed by atoms with E-state index in [0.29, 0.717) is 11.3 Å². The summed E-state index contributed by atoms with van der Waals surface area (Å²) in [6.07, 6.45) is 0. The van der Waals surface area contributed by atoms with E-state index < -0.39 is 0 Å². The molecule has 0 aliphatic rings. The Morgan fingerprint density at radius 1 is 1.25 bits per heavy atom. The third-order valence-electron chi connectivity index (χ3n) is 3.56. The van der Waals surface area contributed by atoms with Crippen LogP contribution in [0.15, 0.2) is 24.3 Å². The van der Waals surface area contributed by atoms with Gasteiger partial charge in [-0.15, -0.1) is 0 Å². The Labute approximate surface area is 100 Å². The minimum Gasteiger partial charge on any atom is -0.312 e. The second kappa shape index (κ2) is 5.49. The molecule has 0 bridgehead atoms. The Morgan fingerprint density at radius 3 is 2.50 bits per heavy atom. The van der Waals surface area contributed by atoms with Gasteiger partial charge in [0.25, 0.3) is 0 Å². The van der Waals surface area contributed by atoms with Crippen LogP contribution in [0.5, 0.6) is 0 Å². The van der Waals surface area contributed by atoms with Gasteiger partial charge in [0.05, 0.1) is 0 Å². The van der Waals surface area contributed by atoms with Crippen molar-refractivity contribution >= 4 is 0 Å². The zero-order valence-corrected chi connectivity index (χ0v) is 11.3. The minimum absolute atomic E-state index is 0.365. The highest BCUT2D eigenvalue weighted by atomic mass is 14.9. The molecular formula is C15H25N. The zero-order valence-electron chi connectivity index (χ0n) is 11.3. The smallest absolute Gasteiger partial charge is 0.0205 e. The Kier molecular flexibility index (Phi) is 4.55. The third-order valence-corrected chi connectivity index (χ3v) is 3.56. The average molecular weight is 219 g/mol. The van der Waals surface area contributed by atoms with Gasteiger partial charge in [-0.1, -0.05) is 57.5 Å². The molecular weight excluding hydrogens is 194 g/mol. The van der Waals surface area contributed by atoms with Gasteiger partial charge >= 0.3 is 0 Å². The van der Waals surface area contributed by atoms with E-state index in [1.165, 1.54) is 11.1 Å². The molecule has 0 saturated heterocycles. The summed E-state index contributed by atoms with van der Waals surface area (Å²) in [6.45, 7) is 13.4. The normalized spacial score (nSPS) is 12.1. The Bertz CT molecular complexity index is 326. The zero-order chi connectivity index (χ0) is 12.2. The monoisotopic (exact) mass is 219 g/mol. The molecule has 1 rings (SSSR count). The summed E-state index contributed by atoms with van der Waals surface area (Å²) in [4.78, 5) is 0. The molecule has 0 saturated carbocycles. The summed E-state index contributed by atoms with van der Waals surface area (Å²) in [6, 6.07) is 8.69. The maximum absolute atomic E-state index is 3.55. The molecule has 0 heterocycles. The predicted molar refractivity (Wildman–Crippen MR) is 71.5 cm³/mol. The molecule has 1 nitrogen and oxygen atoms in total. The van der Waals surface area contributed by atoms with Crippen molar-refractivity contribution in [2.75, 3.05) is 6.54 Å². The molecule has 0 amide bonds. The Morgan fingerprint density at radius 2 is 1.94 bits per heavy atom. The summed E-state index contributed by atoms with van der Waals surface area (Å²) >= 11 is 0. The molecule has 0 aliphatic heterocycles. The maximum atomic E-state index is 3.55. The summed E-state index contributed by atoms with van der Waals surface area (Å²) in [5.41, 5.74) is 3.08. The molecule has 1 heteroatoms. The first-order valence-corrected chi connectivity index (χ1v) is 6.18. The van der Waals surface area contributed by atoms with Crippen molar-refractivity contribution in [3.8, 4) is 0 Å². The van der Waals surface area contributed by atoms with Gasteiger partial charge in [0.15, 0.2) is 0 Å². The van der Waals surface area contributed by atoms with Crippen LogP contribution in [0.4, 0.5) is 0 Å². The van der Waals surface area contributed by atoms with Crippen LogP contribution in [0.1, 0.15) is 38.8 Å². The van der Waals surface area contributed by atoms with E-state index in [-0.39, 0.29) is 0 Å². The van der Waals surface area contributed by atoms with Crippen molar-refractivity contribution < 1.29 is 0 Å². The van der Waals surface area contributed by atoms with Gasteiger partial charge in [0.1, 0.15) is 0 Å². The van der Waals surface area contributed by atoms with E-state index in [9.17, 15) is 0 Å². The van der Waals surface area contributed by atoms with Gasteiger partial charge < -0.3 is 5.32 Å². The van der Waals surface area contributed by atoms with Gasteiger partial charge in [-0.05, 0) is 23.8 Å².